The van der Waals surface area contributed by atoms with Gasteiger partial charge in [0.15, 0.2) is 0 Å². The fourth-order valence-corrected chi connectivity index (χ4v) is 11.4. The number of benzene rings is 7. The van der Waals surface area contributed by atoms with Crippen molar-refractivity contribution in [1.29, 1.82) is 0 Å². The number of rotatable bonds is 4. The van der Waals surface area contributed by atoms with Crippen LogP contribution in [0.25, 0.3) is 78.3 Å². The predicted octanol–water partition coefficient (Wildman–Crippen LogP) is 14.2. The minimum absolute atomic E-state index is 0.0617. The molecule has 3 atom stereocenters. The molecule has 13 rings (SSSR count). The van der Waals surface area contributed by atoms with Crippen molar-refractivity contribution in [3.8, 4) is 16.8 Å². The highest BCUT2D eigenvalue weighted by molar-refractivity contribution is 6.05. The third-order valence-corrected chi connectivity index (χ3v) is 14.5. The van der Waals surface area contributed by atoms with E-state index in [1.54, 1.807) is 0 Å². The first-order valence-corrected chi connectivity index (χ1v) is 22.4. The zero-order valence-electron chi connectivity index (χ0n) is 35.3. The number of nitrogens with one attached hydrogen (secondary N) is 2. The van der Waals surface area contributed by atoms with Gasteiger partial charge in [0.2, 0.25) is 0 Å². The second-order valence-corrected chi connectivity index (χ2v) is 18.6. The van der Waals surface area contributed by atoms with E-state index in [2.05, 4.69) is 200 Å². The van der Waals surface area contributed by atoms with Gasteiger partial charge in [-0.1, -0.05) is 142 Å². The topological polar surface area (TPSA) is 42.1 Å². The smallest absolute Gasteiger partial charge is 0.135 e. The zero-order chi connectivity index (χ0) is 41.3. The fraction of sp³-hybridized carbons (Fsp3) is 0.172. The summed E-state index contributed by atoms with van der Waals surface area (Å²) >= 11 is 0. The van der Waals surface area contributed by atoms with Crippen molar-refractivity contribution in [2.45, 2.75) is 57.5 Å². The van der Waals surface area contributed by atoms with E-state index in [0.717, 1.165) is 41.2 Å². The van der Waals surface area contributed by atoms with Gasteiger partial charge in [-0.3, -0.25) is 0 Å². The number of nitrogens with zero attached hydrogens (tertiary/aromatic N) is 1. The molecular weight excluding hydrogens is 755 g/mol. The minimum atomic E-state index is -0.228. The Hall–Kier alpha value is -7.04. The average molecular weight is 802 g/mol. The van der Waals surface area contributed by atoms with E-state index in [-0.39, 0.29) is 17.5 Å². The second-order valence-electron chi connectivity index (χ2n) is 18.6. The molecule has 3 unspecified atom stereocenters. The molecule has 4 heteroatoms. The van der Waals surface area contributed by atoms with E-state index in [1.807, 2.05) is 0 Å². The molecule has 3 heterocycles. The molecule has 7 aromatic carbocycles. The van der Waals surface area contributed by atoms with Crippen LogP contribution in [0.5, 0.6) is 0 Å². The maximum atomic E-state index is 6.36. The highest BCUT2D eigenvalue weighted by atomic mass is 16.3. The van der Waals surface area contributed by atoms with Crippen molar-refractivity contribution in [3.63, 3.8) is 0 Å². The van der Waals surface area contributed by atoms with Crippen molar-refractivity contribution in [1.82, 2.24) is 15.2 Å². The first-order valence-electron chi connectivity index (χ1n) is 22.4. The van der Waals surface area contributed by atoms with Gasteiger partial charge in [0.05, 0.1) is 23.3 Å². The number of hydrogen-bond acceptors (Lipinski definition) is 3. The lowest BCUT2D eigenvalue weighted by Gasteiger charge is -2.41. The first kappa shape index (κ1) is 35.7. The summed E-state index contributed by atoms with van der Waals surface area (Å²) in [5.74, 6) is 0.424. The van der Waals surface area contributed by atoms with E-state index >= 15 is 0 Å². The largest absolute Gasteiger partial charge is 0.456 e. The second kappa shape index (κ2) is 13.2. The number of allylic oxidation sites excluding steroid dienone is 3. The van der Waals surface area contributed by atoms with Crippen molar-refractivity contribution in [2.24, 2.45) is 5.92 Å². The summed E-state index contributed by atoms with van der Waals surface area (Å²) in [5.41, 5.74) is 19.8. The molecule has 4 aliphatic rings. The fourth-order valence-electron chi connectivity index (χ4n) is 11.4. The monoisotopic (exact) mass is 801 g/mol. The van der Waals surface area contributed by atoms with Crippen LogP contribution in [0.2, 0.25) is 0 Å². The van der Waals surface area contributed by atoms with E-state index in [4.69, 9.17) is 4.42 Å². The van der Waals surface area contributed by atoms with Gasteiger partial charge in [-0.2, -0.15) is 0 Å². The standard InChI is InChI=1S/C58H47N3O/c1-34-21-24-40-43(25-27-50(44(40)29-34)61-49-19-11-9-17-41(49)45-30-36-15-7-8-16-37(36)33-51(45)61)55-54(39-23-28-53-46(32-39)42-18-10-12-20-52(42)62-53)60-57-56(59-55)47-31-38(35-13-5-4-6-14-35)22-26-48(47)58(57,2)3/h4-10,12-18,20-28,30-34,54-55,59-60H,11,19,29H2,1-3H3. The number of para-hydroxylation sites is 1. The van der Waals surface area contributed by atoms with Gasteiger partial charge in [-0.25, -0.2) is 0 Å². The Balaban J connectivity index is 1.03. The zero-order valence-corrected chi connectivity index (χ0v) is 35.3. The van der Waals surface area contributed by atoms with Crippen molar-refractivity contribution in [2.75, 3.05) is 0 Å². The summed E-state index contributed by atoms with van der Waals surface area (Å²) < 4.78 is 8.99. The Kier molecular flexibility index (Phi) is 7.62. The van der Waals surface area contributed by atoms with Gasteiger partial charge in [0.25, 0.3) is 0 Å². The SMILES string of the molecule is CC1C=Cc2c(C3NC4=C(NC3c3ccc5oc6ccccc6c5c3)C(C)(C)c3ccc(-c5ccccc5)cc34)ccc(-n3c4c(c5cc6ccccc6cc53)C=CCC4)c2C1. The maximum absolute atomic E-state index is 6.36. The third-order valence-electron chi connectivity index (χ3n) is 14.5. The van der Waals surface area contributed by atoms with Crippen LogP contribution in [-0.2, 0) is 18.3 Å². The average Bonchev–Trinajstić information content (AvgIpc) is 3.91. The van der Waals surface area contributed by atoms with E-state index < -0.39 is 0 Å². The third kappa shape index (κ3) is 5.19. The Morgan fingerprint density at radius 3 is 2.35 bits per heavy atom. The summed E-state index contributed by atoms with van der Waals surface area (Å²) in [4.78, 5) is 0. The molecule has 62 heavy (non-hydrogen) atoms. The van der Waals surface area contributed by atoms with Gasteiger partial charge in [-0.05, 0) is 117 Å². The van der Waals surface area contributed by atoms with Gasteiger partial charge >= 0.3 is 0 Å². The molecule has 300 valence electrons. The summed E-state index contributed by atoms with van der Waals surface area (Å²) in [7, 11) is 0. The normalized spacial score (nSPS) is 19.7. The maximum Gasteiger partial charge on any atom is 0.135 e. The minimum Gasteiger partial charge on any atom is -0.456 e. The van der Waals surface area contributed by atoms with Gasteiger partial charge in [-0.15, -0.1) is 0 Å². The molecule has 0 amide bonds. The molecule has 0 radical (unpaired) electrons. The Morgan fingerprint density at radius 1 is 0.661 bits per heavy atom. The highest BCUT2D eigenvalue weighted by Gasteiger charge is 2.45. The van der Waals surface area contributed by atoms with Crippen LogP contribution in [0.1, 0.15) is 83.9 Å². The first-order chi connectivity index (χ1) is 30.4. The molecule has 3 aliphatic carbocycles. The Labute approximate surface area is 361 Å². The summed E-state index contributed by atoms with van der Waals surface area (Å²) in [6, 6.07) is 51.5. The lowest BCUT2D eigenvalue weighted by atomic mass is 9.80. The van der Waals surface area contributed by atoms with Gasteiger partial charge in [0.1, 0.15) is 11.2 Å². The van der Waals surface area contributed by atoms with Crippen LogP contribution in [0.3, 0.4) is 0 Å². The van der Waals surface area contributed by atoms with Gasteiger partial charge in [0, 0.05) is 49.8 Å². The molecule has 2 aromatic heterocycles. The Bertz CT molecular complexity index is 3450. The molecule has 0 spiro atoms. The van der Waals surface area contributed by atoms with Crippen LogP contribution in [0, 0.1) is 5.92 Å². The van der Waals surface area contributed by atoms with Gasteiger partial charge < -0.3 is 19.6 Å². The number of fused-ring (bicyclic) bond motifs is 10. The Morgan fingerprint density at radius 2 is 1.47 bits per heavy atom. The summed E-state index contributed by atoms with van der Waals surface area (Å²) in [6.07, 6.45) is 12.6. The van der Waals surface area contributed by atoms with Crippen LogP contribution in [0.4, 0.5) is 0 Å². The number of hydrogen-bond donors (Lipinski definition) is 2. The quantitative estimate of drug-likeness (QED) is 0.186. The molecule has 9 aromatic rings. The molecule has 0 saturated heterocycles. The highest BCUT2D eigenvalue weighted by Crippen LogP contribution is 2.52. The van der Waals surface area contributed by atoms with E-state index in [1.165, 1.54) is 94.5 Å². The number of furan rings is 1. The van der Waals surface area contributed by atoms with E-state index in [9.17, 15) is 0 Å². The van der Waals surface area contributed by atoms with Crippen LogP contribution in [0.15, 0.2) is 162 Å². The van der Waals surface area contributed by atoms with Crippen LogP contribution < -0.4 is 10.6 Å². The lowest BCUT2D eigenvalue weighted by molar-refractivity contribution is 0.399. The summed E-state index contributed by atoms with van der Waals surface area (Å²) in [6.45, 7) is 7.11. The molecule has 0 saturated carbocycles. The summed E-state index contributed by atoms with van der Waals surface area (Å²) in [5, 5.41) is 14.8. The predicted molar refractivity (Wildman–Crippen MR) is 257 cm³/mol. The van der Waals surface area contributed by atoms with Crippen molar-refractivity contribution < 1.29 is 4.42 Å². The molecule has 2 N–H and O–H groups in total. The molecule has 1 aliphatic heterocycles. The molecule has 0 fully saturated rings. The van der Waals surface area contributed by atoms with E-state index in [0.29, 0.717) is 5.92 Å². The van der Waals surface area contributed by atoms with Crippen LogP contribution >= 0.6 is 0 Å². The lowest BCUT2D eigenvalue weighted by Crippen LogP contribution is -2.43. The molecule has 0 bridgehead atoms. The molecular formula is C58H47N3O. The van der Waals surface area contributed by atoms with Crippen molar-refractivity contribution in [3.05, 3.63) is 202 Å². The number of aromatic nitrogens is 1. The molecule has 4 nitrogen and oxygen atoms in total. The van der Waals surface area contributed by atoms with Crippen molar-refractivity contribution >= 4 is 61.5 Å². The van der Waals surface area contributed by atoms with Crippen LogP contribution in [-0.4, -0.2) is 4.57 Å².